The molecule has 3 unspecified atom stereocenters. The lowest BCUT2D eigenvalue weighted by atomic mass is 9.86. The average molecular weight is 186 g/mol. The zero-order valence-electron chi connectivity index (χ0n) is 8.99. The summed E-state index contributed by atoms with van der Waals surface area (Å²) in [4.78, 5) is 0. The van der Waals surface area contributed by atoms with Gasteiger partial charge >= 0.3 is 0 Å². The molecule has 3 atom stereocenters. The molecule has 0 amide bonds. The van der Waals surface area contributed by atoms with Gasteiger partial charge < -0.3 is 9.84 Å². The third kappa shape index (κ3) is 3.65. The highest BCUT2D eigenvalue weighted by molar-refractivity contribution is 4.78. The van der Waals surface area contributed by atoms with Crippen molar-refractivity contribution in [3.05, 3.63) is 0 Å². The topological polar surface area (TPSA) is 29.5 Å². The zero-order valence-corrected chi connectivity index (χ0v) is 8.99. The van der Waals surface area contributed by atoms with Crippen LogP contribution in [0.4, 0.5) is 0 Å². The number of aliphatic hydroxyl groups excluding tert-OH is 1. The van der Waals surface area contributed by atoms with E-state index in [0.717, 1.165) is 25.9 Å². The summed E-state index contributed by atoms with van der Waals surface area (Å²) in [5, 5.41) is 9.67. The largest absolute Gasteiger partial charge is 0.390 e. The Labute approximate surface area is 81.3 Å². The molecule has 1 aliphatic carbocycles. The summed E-state index contributed by atoms with van der Waals surface area (Å²) in [6.07, 6.45) is 2.93. The molecule has 78 valence electrons. The lowest BCUT2D eigenvalue weighted by molar-refractivity contribution is -0.0763. The molecule has 0 aliphatic heterocycles. The number of ether oxygens (including phenoxy) is 1. The minimum atomic E-state index is -0.227. The molecule has 0 saturated heterocycles. The molecule has 0 bridgehead atoms. The molecular weight excluding hydrogens is 164 g/mol. The first kappa shape index (κ1) is 11.0. The van der Waals surface area contributed by atoms with Crippen LogP contribution in [-0.4, -0.2) is 23.9 Å². The van der Waals surface area contributed by atoms with Gasteiger partial charge in [0.2, 0.25) is 0 Å². The van der Waals surface area contributed by atoms with Crippen LogP contribution in [-0.2, 0) is 4.74 Å². The maximum Gasteiger partial charge on any atom is 0.0836 e. The normalized spacial score (nSPS) is 35.3. The van der Waals surface area contributed by atoms with E-state index in [2.05, 4.69) is 20.8 Å². The van der Waals surface area contributed by atoms with Gasteiger partial charge in [0.15, 0.2) is 0 Å². The van der Waals surface area contributed by atoms with Crippen LogP contribution < -0.4 is 0 Å². The van der Waals surface area contributed by atoms with Gasteiger partial charge in [-0.15, -0.1) is 0 Å². The Morgan fingerprint density at radius 2 is 2.08 bits per heavy atom. The van der Waals surface area contributed by atoms with Crippen molar-refractivity contribution in [2.75, 3.05) is 6.61 Å². The molecule has 0 radical (unpaired) electrons. The number of hydrogen-bond acceptors (Lipinski definition) is 2. The highest BCUT2D eigenvalue weighted by Gasteiger charge is 2.27. The van der Waals surface area contributed by atoms with Crippen molar-refractivity contribution >= 4 is 0 Å². The first-order chi connectivity index (χ1) is 6.09. The average Bonchev–Trinajstić information content (AvgIpc) is 2.06. The summed E-state index contributed by atoms with van der Waals surface area (Å²) < 4.78 is 5.68. The van der Waals surface area contributed by atoms with Crippen LogP contribution in [0.25, 0.3) is 0 Å². The predicted molar refractivity (Wildman–Crippen MR) is 53.6 cm³/mol. The molecule has 1 aliphatic rings. The van der Waals surface area contributed by atoms with E-state index >= 15 is 0 Å². The molecule has 1 fully saturated rings. The maximum atomic E-state index is 9.67. The van der Waals surface area contributed by atoms with Gasteiger partial charge in [-0.2, -0.15) is 0 Å². The zero-order chi connectivity index (χ0) is 9.84. The predicted octanol–water partition coefficient (Wildman–Crippen LogP) is 2.21. The van der Waals surface area contributed by atoms with Crippen molar-refractivity contribution in [3.8, 4) is 0 Å². The molecule has 2 heteroatoms. The second-order valence-electron chi connectivity index (χ2n) is 4.75. The van der Waals surface area contributed by atoms with E-state index in [9.17, 15) is 5.11 Å². The van der Waals surface area contributed by atoms with E-state index in [4.69, 9.17) is 4.74 Å². The molecule has 0 aromatic carbocycles. The lowest BCUT2D eigenvalue weighted by Crippen LogP contribution is -2.36. The monoisotopic (exact) mass is 186 g/mol. The first-order valence-corrected chi connectivity index (χ1v) is 5.39. The molecule has 1 saturated carbocycles. The Hall–Kier alpha value is -0.0800. The Balaban J connectivity index is 2.29. The molecule has 2 nitrogen and oxygen atoms in total. The standard InChI is InChI=1S/C11H22O2/c1-8(2)7-13-11-6-9(3)4-5-10(11)12/h8-12H,4-7H2,1-3H3. The molecule has 13 heavy (non-hydrogen) atoms. The smallest absolute Gasteiger partial charge is 0.0836 e. The van der Waals surface area contributed by atoms with Crippen molar-refractivity contribution in [1.82, 2.24) is 0 Å². The number of hydrogen-bond donors (Lipinski definition) is 1. The van der Waals surface area contributed by atoms with Gasteiger partial charge in [0.25, 0.3) is 0 Å². The van der Waals surface area contributed by atoms with Crippen molar-refractivity contribution in [2.24, 2.45) is 11.8 Å². The van der Waals surface area contributed by atoms with Crippen LogP contribution in [0, 0.1) is 11.8 Å². The van der Waals surface area contributed by atoms with Gasteiger partial charge in [0, 0.05) is 6.61 Å². The van der Waals surface area contributed by atoms with Gasteiger partial charge in [-0.1, -0.05) is 20.8 Å². The molecule has 0 aromatic heterocycles. The van der Waals surface area contributed by atoms with Crippen LogP contribution in [0.3, 0.4) is 0 Å². The van der Waals surface area contributed by atoms with Crippen LogP contribution in [0.15, 0.2) is 0 Å². The second kappa shape index (κ2) is 4.97. The number of aliphatic hydroxyl groups is 1. The van der Waals surface area contributed by atoms with Crippen LogP contribution in [0.5, 0.6) is 0 Å². The fraction of sp³-hybridized carbons (Fsp3) is 1.00. The number of rotatable bonds is 3. The lowest BCUT2D eigenvalue weighted by Gasteiger charge is -2.31. The first-order valence-electron chi connectivity index (χ1n) is 5.39. The highest BCUT2D eigenvalue weighted by atomic mass is 16.5. The molecule has 0 heterocycles. The van der Waals surface area contributed by atoms with E-state index in [0.29, 0.717) is 11.8 Å². The summed E-state index contributed by atoms with van der Waals surface area (Å²) in [6.45, 7) is 7.28. The summed E-state index contributed by atoms with van der Waals surface area (Å²) in [5.74, 6) is 1.27. The fourth-order valence-corrected chi connectivity index (χ4v) is 1.81. The van der Waals surface area contributed by atoms with Gasteiger partial charge in [-0.3, -0.25) is 0 Å². The Kier molecular flexibility index (Phi) is 4.20. The minimum Gasteiger partial charge on any atom is -0.390 e. The van der Waals surface area contributed by atoms with E-state index in [1.807, 2.05) is 0 Å². The van der Waals surface area contributed by atoms with Crippen LogP contribution in [0.1, 0.15) is 40.0 Å². The van der Waals surface area contributed by atoms with E-state index in [1.165, 1.54) is 0 Å². The van der Waals surface area contributed by atoms with Gasteiger partial charge in [-0.25, -0.2) is 0 Å². The van der Waals surface area contributed by atoms with Crippen molar-refractivity contribution in [1.29, 1.82) is 0 Å². The van der Waals surface area contributed by atoms with Gasteiger partial charge in [0.05, 0.1) is 12.2 Å². The highest BCUT2D eigenvalue weighted by Crippen LogP contribution is 2.26. The Bertz CT molecular complexity index is 145. The van der Waals surface area contributed by atoms with E-state index in [1.54, 1.807) is 0 Å². The molecule has 1 N–H and O–H groups in total. The summed E-state index contributed by atoms with van der Waals surface area (Å²) in [6, 6.07) is 0. The Morgan fingerprint density at radius 1 is 1.38 bits per heavy atom. The fourth-order valence-electron chi connectivity index (χ4n) is 1.81. The van der Waals surface area contributed by atoms with Crippen molar-refractivity contribution in [2.45, 2.75) is 52.2 Å². The summed E-state index contributed by atoms with van der Waals surface area (Å²) in [7, 11) is 0. The van der Waals surface area contributed by atoms with Crippen LogP contribution in [0.2, 0.25) is 0 Å². The minimum absolute atomic E-state index is 0.0890. The molecular formula is C11H22O2. The SMILES string of the molecule is CC(C)COC1CC(C)CCC1O. The van der Waals surface area contributed by atoms with Gasteiger partial charge in [0.1, 0.15) is 0 Å². The molecule has 0 aromatic rings. The quantitative estimate of drug-likeness (QED) is 0.732. The molecule has 0 spiro atoms. The maximum absolute atomic E-state index is 9.67. The summed E-state index contributed by atoms with van der Waals surface area (Å²) in [5.41, 5.74) is 0. The third-order valence-corrected chi connectivity index (χ3v) is 2.66. The van der Waals surface area contributed by atoms with Crippen LogP contribution >= 0.6 is 0 Å². The van der Waals surface area contributed by atoms with E-state index < -0.39 is 0 Å². The van der Waals surface area contributed by atoms with Crippen molar-refractivity contribution in [3.63, 3.8) is 0 Å². The molecule has 1 rings (SSSR count). The summed E-state index contributed by atoms with van der Waals surface area (Å²) >= 11 is 0. The van der Waals surface area contributed by atoms with Crippen molar-refractivity contribution < 1.29 is 9.84 Å². The third-order valence-electron chi connectivity index (χ3n) is 2.66. The Morgan fingerprint density at radius 3 is 2.69 bits per heavy atom. The van der Waals surface area contributed by atoms with E-state index in [-0.39, 0.29) is 12.2 Å². The second-order valence-corrected chi connectivity index (χ2v) is 4.75. The van der Waals surface area contributed by atoms with Gasteiger partial charge in [-0.05, 0) is 31.1 Å².